The summed E-state index contributed by atoms with van der Waals surface area (Å²) >= 11 is 15.1. The number of hydrogen-bond donors (Lipinski definition) is 1. The molecule has 0 bridgehead atoms. The van der Waals surface area contributed by atoms with Gasteiger partial charge in [-0.3, -0.25) is 14.9 Å². The summed E-state index contributed by atoms with van der Waals surface area (Å²) in [5.74, 6) is -1.49. The van der Waals surface area contributed by atoms with E-state index in [1.807, 2.05) is 0 Å². The lowest BCUT2D eigenvalue weighted by Gasteiger charge is -2.26. The third kappa shape index (κ3) is 3.61. The third-order valence-electron chi connectivity index (χ3n) is 3.44. The van der Waals surface area contributed by atoms with E-state index in [2.05, 4.69) is 21.2 Å². The van der Waals surface area contributed by atoms with Crippen LogP contribution in [0.3, 0.4) is 0 Å². The Bertz CT molecular complexity index is 926. The first-order valence-electron chi connectivity index (χ1n) is 6.99. The summed E-state index contributed by atoms with van der Waals surface area (Å²) in [7, 11) is 0. The molecule has 1 N–H and O–H groups in total. The monoisotopic (exact) mass is 438 g/mol. The number of halogens is 3. The number of urea groups is 1. The molecule has 8 heteroatoms. The fourth-order valence-electron chi connectivity index (χ4n) is 2.25. The van der Waals surface area contributed by atoms with Crippen molar-refractivity contribution in [1.29, 1.82) is 0 Å². The molecule has 1 fully saturated rings. The number of barbiturate groups is 1. The van der Waals surface area contributed by atoms with Crippen molar-refractivity contribution >= 4 is 68.7 Å². The van der Waals surface area contributed by atoms with Gasteiger partial charge in [0.15, 0.2) is 0 Å². The second-order valence-corrected chi connectivity index (χ2v) is 6.84. The number of amides is 4. The van der Waals surface area contributed by atoms with Crippen LogP contribution in [0.1, 0.15) is 5.56 Å². The van der Waals surface area contributed by atoms with E-state index in [0.29, 0.717) is 21.3 Å². The second-order valence-electron chi connectivity index (χ2n) is 5.11. The van der Waals surface area contributed by atoms with Crippen molar-refractivity contribution in [1.82, 2.24) is 5.32 Å². The van der Waals surface area contributed by atoms with E-state index in [0.717, 1.165) is 9.37 Å². The molecule has 2 aromatic rings. The summed E-state index contributed by atoms with van der Waals surface area (Å²) in [5.41, 5.74) is 0.678. The molecule has 5 nitrogen and oxygen atoms in total. The van der Waals surface area contributed by atoms with Gasteiger partial charge in [-0.25, -0.2) is 9.69 Å². The van der Waals surface area contributed by atoms with Gasteiger partial charge in [-0.1, -0.05) is 45.2 Å². The predicted octanol–water partition coefficient (Wildman–Crippen LogP) is 4.42. The van der Waals surface area contributed by atoms with Gasteiger partial charge >= 0.3 is 6.03 Å². The zero-order valence-electron chi connectivity index (χ0n) is 12.4. The molecule has 0 aromatic heterocycles. The number of rotatable bonds is 2. The maximum atomic E-state index is 12.7. The minimum Gasteiger partial charge on any atom is -0.273 e. The first kappa shape index (κ1) is 17.7. The molecule has 25 heavy (non-hydrogen) atoms. The van der Waals surface area contributed by atoms with Gasteiger partial charge in [-0.2, -0.15) is 0 Å². The van der Waals surface area contributed by atoms with E-state index in [1.165, 1.54) is 12.1 Å². The topological polar surface area (TPSA) is 66.5 Å². The van der Waals surface area contributed by atoms with E-state index in [9.17, 15) is 14.4 Å². The molecule has 4 amide bonds. The van der Waals surface area contributed by atoms with Gasteiger partial charge in [0, 0.05) is 4.47 Å². The van der Waals surface area contributed by atoms with E-state index in [4.69, 9.17) is 23.2 Å². The fraction of sp³-hybridized carbons (Fsp3) is 0. The lowest BCUT2D eigenvalue weighted by molar-refractivity contribution is -0.122. The Labute approximate surface area is 161 Å². The maximum absolute atomic E-state index is 12.7. The normalized spacial score (nSPS) is 16.4. The Morgan fingerprint density at radius 2 is 1.64 bits per heavy atom. The Balaban J connectivity index is 2.01. The average molecular weight is 440 g/mol. The van der Waals surface area contributed by atoms with Crippen molar-refractivity contribution in [2.24, 2.45) is 0 Å². The van der Waals surface area contributed by atoms with Crippen LogP contribution in [-0.2, 0) is 9.59 Å². The molecule has 1 heterocycles. The molecule has 0 aliphatic carbocycles. The van der Waals surface area contributed by atoms with Crippen molar-refractivity contribution in [2.75, 3.05) is 4.90 Å². The summed E-state index contributed by atoms with van der Waals surface area (Å²) in [4.78, 5) is 37.8. The Morgan fingerprint density at radius 1 is 0.960 bits per heavy atom. The van der Waals surface area contributed by atoms with Crippen LogP contribution < -0.4 is 10.2 Å². The molecule has 126 valence electrons. The van der Waals surface area contributed by atoms with Crippen LogP contribution in [0.25, 0.3) is 6.08 Å². The molecule has 3 rings (SSSR count). The summed E-state index contributed by atoms with van der Waals surface area (Å²) in [6.07, 6.45) is 1.36. The summed E-state index contributed by atoms with van der Waals surface area (Å²) in [5, 5.41) is 2.81. The van der Waals surface area contributed by atoms with Gasteiger partial charge in [0.05, 0.1) is 15.7 Å². The Kier molecular flexibility index (Phi) is 4.94. The third-order valence-corrected chi connectivity index (χ3v) is 4.71. The Hall–Kier alpha value is -2.15. The quantitative estimate of drug-likeness (QED) is 0.556. The number of nitrogens with zero attached hydrogens (tertiary/aromatic N) is 1. The maximum Gasteiger partial charge on any atom is 0.335 e. The van der Waals surface area contributed by atoms with E-state index >= 15 is 0 Å². The highest BCUT2D eigenvalue weighted by molar-refractivity contribution is 9.10. The van der Waals surface area contributed by atoms with Gasteiger partial charge < -0.3 is 0 Å². The Morgan fingerprint density at radius 3 is 2.28 bits per heavy atom. The SMILES string of the molecule is O=C1NC(=O)N(c2ccc(Br)cc2)C(=O)/C1=C/c1ccc(Cl)c(Cl)c1. The number of nitrogens with one attached hydrogen (secondary N) is 1. The van der Waals surface area contributed by atoms with Crippen LogP contribution in [0.5, 0.6) is 0 Å². The van der Waals surface area contributed by atoms with Gasteiger partial charge in [-0.15, -0.1) is 0 Å². The first-order valence-corrected chi connectivity index (χ1v) is 8.54. The molecule has 0 atom stereocenters. The summed E-state index contributed by atoms with van der Waals surface area (Å²) in [6, 6.07) is 10.5. The van der Waals surface area contributed by atoms with Crippen LogP contribution in [0, 0.1) is 0 Å². The second kappa shape index (κ2) is 7.00. The molecule has 1 saturated heterocycles. The summed E-state index contributed by atoms with van der Waals surface area (Å²) < 4.78 is 0.795. The zero-order chi connectivity index (χ0) is 18.1. The fourth-order valence-corrected chi connectivity index (χ4v) is 2.82. The summed E-state index contributed by atoms with van der Waals surface area (Å²) in [6.45, 7) is 0. The number of hydrogen-bond acceptors (Lipinski definition) is 3. The molecule has 0 radical (unpaired) electrons. The number of benzene rings is 2. The minimum absolute atomic E-state index is 0.180. The average Bonchev–Trinajstić information content (AvgIpc) is 2.56. The van der Waals surface area contributed by atoms with Crippen LogP contribution in [0.2, 0.25) is 10.0 Å². The van der Waals surface area contributed by atoms with Crippen LogP contribution in [-0.4, -0.2) is 17.8 Å². The van der Waals surface area contributed by atoms with E-state index < -0.39 is 17.8 Å². The van der Waals surface area contributed by atoms with Gasteiger partial charge in [-0.05, 0) is 48.0 Å². The van der Waals surface area contributed by atoms with Gasteiger partial charge in [0.1, 0.15) is 5.57 Å². The molecular weight excluding hydrogens is 431 g/mol. The predicted molar refractivity (Wildman–Crippen MR) is 99.6 cm³/mol. The van der Waals surface area contributed by atoms with Crippen molar-refractivity contribution in [3.63, 3.8) is 0 Å². The smallest absolute Gasteiger partial charge is 0.273 e. The molecule has 1 aliphatic heterocycles. The van der Waals surface area contributed by atoms with Crippen LogP contribution in [0.15, 0.2) is 52.5 Å². The van der Waals surface area contributed by atoms with Crippen LogP contribution in [0.4, 0.5) is 10.5 Å². The largest absolute Gasteiger partial charge is 0.335 e. The van der Waals surface area contributed by atoms with Gasteiger partial charge in [0.25, 0.3) is 11.8 Å². The first-order chi connectivity index (χ1) is 11.9. The number of imide groups is 2. The van der Waals surface area contributed by atoms with Crippen molar-refractivity contribution < 1.29 is 14.4 Å². The lowest BCUT2D eigenvalue weighted by atomic mass is 10.1. The zero-order valence-corrected chi connectivity index (χ0v) is 15.5. The molecule has 1 aliphatic rings. The molecule has 0 unspecified atom stereocenters. The standard InChI is InChI=1S/C17H9BrCl2N2O3/c18-10-2-4-11(5-3-10)22-16(24)12(15(23)21-17(22)25)7-9-1-6-13(19)14(20)8-9/h1-8H,(H,21,23,25)/b12-7+. The lowest BCUT2D eigenvalue weighted by Crippen LogP contribution is -2.54. The number of anilines is 1. The molecular formula is C17H9BrCl2N2O3. The van der Waals surface area contributed by atoms with E-state index in [-0.39, 0.29) is 5.57 Å². The highest BCUT2D eigenvalue weighted by atomic mass is 79.9. The molecule has 2 aromatic carbocycles. The molecule has 0 saturated carbocycles. The number of carbonyl (C=O) groups excluding carboxylic acids is 3. The number of carbonyl (C=O) groups is 3. The van der Waals surface area contributed by atoms with Gasteiger partial charge in [0.2, 0.25) is 0 Å². The van der Waals surface area contributed by atoms with E-state index in [1.54, 1.807) is 36.4 Å². The highest BCUT2D eigenvalue weighted by Crippen LogP contribution is 2.26. The van der Waals surface area contributed by atoms with Crippen molar-refractivity contribution in [2.45, 2.75) is 0 Å². The molecule has 0 spiro atoms. The van der Waals surface area contributed by atoms with Crippen molar-refractivity contribution in [3.05, 3.63) is 68.1 Å². The van der Waals surface area contributed by atoms with Crippen molar-refractivity contribution in [3.8, 4) is 0 Å². The van der Waals surface area contributed by atoms with Crippen LogP contribution >= 0.6 is 39.1 Å². The highest BCUT2D eigenvalue weighted by Gasteiger charge is 2.36. The minimum atomic E-state index is -0.802.